The lowest BCUT2D eigenvalue weighted by Crippen LogP contribution is -2.43. The van der Waals surface area contributed by atoms with Gasteiger partial charge in [0.15, 0.2) is 0 Å². The lowest BCUT2D eigenvalue weighted by atomic mass is 9.88. The van der Waals surface area contributed by atoms with E-state index in [0.717, 1.165) is 13.1 Å². The van der Waals surface area contributed by atoms with E-state index in [2.05, 4.69) is 10.4 Å². The van der Waals surface area contributed by atoms with E-state index in [1.165, 1.54) is 37.7 Å². The molecule has 1 saturated carbocycles. The molecule has 0 bridgehead atoms. The average molecular weight is 327 g/mol. The lowest BCUT2D eigenvalue weighted by molar-refractivity contribution is -0.136. The second-order valence-corrected chi connectivity index (χ2v) is 6.56. The number of aryl methyl sites for hydroxylation is 1. The van der Waals surface area contributed by atoms with Gasteiger partial charge in [0.05, 0.1) is 12.1 Å². The van der Waals surface area contributed by atoms with Crippen molar-refractivity contribution in [2.24, 2.45) is 13.0 Å². The molecule has 5 nitrogen and oxygen atoms in total. The zero-order valence-electron chi connectivity index (χ0n) is 13.5. The minimum absolute atomic E-state index is 0. The molecule has 1 amide bonds. The molecule has 2 aliphatic rings. The van der Waals surface area contributed by atoms with Gasteiger partial charge in [0.2, 0.25) is 5.91 Å². The Morgan fingerprint density at radius 1 is 1.32 bits per heavy atom. The van der Waals surface area contributed by atoms with Crippen molar-refractivity contribution in [3.8, 4) is 0 Å². The van der Waals surface area contributed by atoms with Gasteiger partial charge in [-0.25, -0.2) is 0 Å². The highest BCUT2D eigenvalue weighted by atomic mass is 35.5. The summed E-state index contributed by atoms with van der Waals surface area (Å²) in [6.07, 6.45) is 10.1. The van der Waals surface area contributed by atoms with Gasteiger partial charge in [-0.1, -0.05) is 19.3 Å². The largest absolute Gasteiger partial charge is 0.342 e. The van der Waals surface area contributed by atoms with Gasteiger partial charge in [0.25, 0.3) is 0 Å². The van der Waals surface area contributed by atoms with Crippen LogP contribution in [0.5, 0.6) is 0 Å². The van der Waals surface area contributed by atoms with Gasteiger partial charge in [-0.05, 0) is 18.4 Å². The zero-order chi connectivity index (χ0) is 14.8. The fourth-order valence-electron chi connectivity index (χ4n) is 3.83. The van der Waals surface area contributed by atoms with Gasteiger partial charge in [0, 0.05) is 45.3 Å². The summed E-state index contributed by atoms with van der Waals surface area (Å²) in [6.45, 7) is 1.66. The first-order valence-corrected chi connectivity index (χ1v) is 8.12. The second kappa shape index (κ2) is 7.47. The Morgan fingerprint density at radius 2 is 2.05 bits per heavy atom. The first-order valence-electron chi connectivity index (χ1n) is 8.12. The van der Waals surface area contributed by atoms with Gasteiger partial charge in [-0.3, -0.25) is 9.48 Å². The molecular weight excluding hydrogens is 300 g/mol. The predicted octanol–water partition coefficient (Wildman–Crippen LogP) is 1.94. The molecule has 1 aliphatic heterocycles. The lowest BCUT2D eigenvalue weighted by Gasteiger charge is -2.34. The number of carbonyl (C=O) groups is 1. The van der Waals surface area contributed by atoms with Crippen LogP contribution in [0.2, 0.25) is 0 Å². The second-order valence-electron chi connectivity index (χ2n) is 6.56. The summed E-state index contributed by atoms with van der Waals surface area (Å²) in [5.41, 5.74) is 1.18. The fourth-order valence-corrected chi connectivity index (χ4v) is 3.83. The molecule has 2 atom stereocenters. The number of rotatable bonds is 3. The van der Waals surface area contributed by atoms with E-state index in [1.54, 1.807) is 0 Å². The van der Waals surface area contributed by atoms with E-state index >= 15 is 0 Å². The number of hydrogen-bond donors (Lipinski definition) is 1. The van der Waals surface area contributed by atoms with Gasteiger partial charge in [-0.2, -0.15) is 5.10 Å². The smallest absolute Gasteiger partial charge is 0.227 e. The number of nitrogens with one attached hydrogen (secondary N) is 1. The molecule has 2 heterocycles. The minimum Gasteiger partial charge on any atom is -0.342 e. The van der Waals surface area contributed by atoms with Crippen LogP contribution in [-0.4, -0.2) is 46.8 Å². The summed E-state index contributed by atoms with van der Waals surface area (Å²) < 4.78 is 1.82. The van der Waals surface area contributed by atoms with Crippen molar-refractivity contribution < 1.29 is 4.79 Å². The van der Waals surface area contributed by atoms with Crippen molar-refractivity contribution in [3.05, 3.63) is 18.0 Å². The number of aromatic nitrogens is 2. The number of amides is 1. The maximum absolute atomic E-state index is 12.9. The maximum Gasteiger partial charge on any atom is 0.227 e. The summed E-state index contributed by atoms with van der Waals surface area (Å²) in [5, 5.41) is 7.64. The van der Waals surface area contributed by atoms with Crippen molar-refractivity contribution in [1.82, 2.24) is 20.0 Å². The van der Waals surface area contributed by atoms with Crippen LogP contribution in [0, 0.1) is 5.92 Å². The molecule has 6 heteroatoms. The zero-order valence-corrected chi connectivity index (χ0v) is 14.3. The molecule has 1 aliphatic carbocycles. The van der Waals surface area contributed by atoms with E-state index in [9.17, 15) is 4.79 Å². The Bertz CT molecular complexity index is 498. The van der Waals surface area contributed by atoms with Crippen LogP contribution in [-0.2, 0) is 11.8 Å². The van der Waals surface area contributed by atoms with E-state index in [0.29, 0.717) is 11.9 Å². The van der Waals surface area contributed by atoms with Crippen LogP contribution in [0.4, 0.5) is 0 Å². The van der Waals surface area contributed by atoms with Crippen molar-refractivity contribution in [2.45, 2.75) is 44.1 Å². The highest BCUT2D eigenvalue weighted by Crippen LogP contribution is 2.31. The molecule has 1 aromatic heterocycles. The number of hydrogen-bond acceptors (Lipinski definition) is 3. The SMILES string of the molecule is CN(C(=O)[C@H]1CNC[C@@H]1c1cnn(C)c1)C1CCCCC1.Cl. The maximum atomic E-state index is 12.9. The fraction of sp³-hybridized carbons (Fsp3) is 0.750. The van der Waals surface area contributed by atoms with Gasteiger partial charge >= 0.3 is 0 Å². The monoisotopic (exact) mass is 326 g/mol. The molecule has 22 heavy (non-hydrogen) atoms. The number of nitrogens with zero attached hydrogens (tertiary/aromatic N) is 3. The molecular formula is C16H27ClN4O. The summed E-state index contributed by atoms with van der Waals surface area (Å²) in [4.78, 5) is 14.9. The van der Waals surface area contributed by atoms with Crippen molar-refractivity contribution in [1.29, 1.82) is 0 Å². The summed E-state index contributed by atoms with van der Waals surface area (Å²) in [7, 11) is 3.92. The highest BCUT2D eigenvalue weighted by Gasteiger charge is 2.37. The molecule has 2 fully saturated rings. The molecule has 0 spiro atoms. The standard InChI is InChI=1S/C16H26N4O.ClH/c1-19-11-12(8-18-19)14-9-17-10-15(14)16(21)20(2)13-6-4-3-5-7-13;/h8,11,13-15,17H,3-7,9-10H2,1-2H3;1H/t14-,15+;/m1./s1. The van der Waals surface area contributed by atoms with Gasteiger partial charge < -0.3 is 10.2 Å². The van der Waals surface area contributed by atoms with E-state index in [-0.39, 0.29) is 24.2 Å². The Morgan fingerprint density at radius 3 is 2.68 bits per heavy atom. The first-order chi connectivity index (χ1) is 10.2. The molecule has 3 rings (SSSR count). The molecule has 1 aromatic rings. The minimum atomic E-state index is 0. The molecule has 1 saturated heterocycles. The number of carbonyl (C=O) groups excluding carboxylic acids is 1. The topological polar surface area (TPSA) is 50.2 Å². The van der Waals surface area contributed by atoms with Crippen molar-refractivity contribution in [2.75, 3.05) is 20.1 Å². The molecule has 1 N–H and O–H groups in total. The third kappa shape index (κ3) is 3.46. The molecule has 124 valence electrons. The van der Waals surface area contributed by atoms with E-state index in [1.807, 2.05) is 36.1 Å². The van der Waals surface area contributed by atoms with Crippen molar-refractivity contribution >= 4 is 18.3 Å². The van der Waals surface area contributed by atoms with Crippen LogP contribution in [0.3, 0.4) is 0 Å². The summed E-state index contributed by atoms with van der Waals surface area (Å²) in [5.74, 6) is 0.624. The van der Waals surface area contributed by atoms with E-state index in [4.69, 9.17) is 0 Å². The van der Waals surface area contributed by atoms with E-state index < -0.39 is 0 Å². The van der Waals surface area contributed by atoms with Crippen LogP contribution >= 0.6 is 12.4 Å². The molecule has 0 unspecified atom stereocenters. The summed E-state index contributed by atoms with van der Waals surface area (Å²) >= 11 is 0. The first kappa shape index (κ1) is 17.3. The molecule has 0 aromatic carbocycles. The average Bonchev–Trinajstić information content (AvgIpc) is 3.15. The van der Waals surface area contributed by atoms with Crippen LogP contribution in [0.25, 0.3) is 0 Å². The Labute approximate surface area is 138 Å². The molecule has 0 radical (unpaired) electrons. The third-order valence-electron chi connectivity index (χ3n) is 5.15. The predicted molar refractivity (Wildman–Crippen MR) is 89.2 cm³/mol. The van der Waals surface area contributed by atoms with Crippen molar-refractivity contribution in [3.63, 3.8) is 0 Å². The van der Waals surface area contributed by atoms with Gasteiger partial charge in [-0.15, -0.1) is 12.4 Å². The Hall–Kier alpha value is -1.07. The highest BCUT2D eigenvalue weighted by molar-refractivity contribution is 5.85. The van der Waals surface area contributed by atoms with Crippen LogP contribution < -0.4 is 5.32 Å². The Balaban J connectivity index is 0.00000176. The van der Waals surface area contributed by atoms with Gasteiger partial charge in [0.1, 0.15) is 0 Å². The Kier molecular flexibility index (Phi) is 5.87. The number of halogens is 1. The quantitative estimate of drug-likeness (QED) is 0.923. The summed E-state index contributed by atoms with van der Waals surface area (Å²) in [6, 6.07) is 0.446. The normalized spacial score (nSPS) is 25.7. The van der Waals surface area contributed by atoms with Crippen LogP contribution in [0.15, 0.2) is 12.4 Å². The van der Waals surface area contributed by atoms with Crippen LogP contribution in [0.1, 0.15) is 43.6 Å². The third-order valence-corrected chi connectivity index (χ3v) is 5.15.